The number of carbonyl (C=O) groups is 3. The van der Waals surface area contributed by atoms with Crippen molar-refractivity contribution < 1.29 is 23.9 Å². The fourth-order valence-corrected chi connectivity index (χ4v) is 7.15. The van der Waals surface area contributed by atoms with E-state index in [9.17, 15) is 14.4 Å². The molecule has 5 aliphatic rings. The maximum absolute atomic E-state index is 12.9. The van der Waals surface area contributed by atoms with Gasteiger partial charge in [-0.15, -0.1) is 0 Å². The number of fused-ring (bicyclic) bond motifs is 9. The highest BCUT2D eigenvalue weighted by molar-refractivity contribution is 6.01. The number of hydrogen-bond acceptors (Lipinski definition) is 5. The van der Waals surface area contributed by atoms with Crippen LogP contribution in [-0.4, -0.2) is 29.4 Å². The molecule has 5 rings (SSSR count). The van der Waals surface area contributed by atoms with Crippen LogP contribution in [0.3, 0.4) is 0 Å². The summed E-state index contributed by atoms with van der Waals surface area (Å²) < 4.78 is 11.9. The number of rotatable bonds is 5. The fraction of sp³-hybridized carbons (Fsp3) is 0.783. The lowest BCUT2D eigenvalue weighted by molar-refractivity contribution is -0.219. The molecule has 0 radical (unpaired) electrons. The lowest BCUT2D eigenvalue weighted by Gasteiger charge is -2.39. The molecular weight excluding hydrogens is 356 g/mol. The number of ether oxygens (including phenoxy) is 2. The van der Waals surface area contributed by atoms with Gasteiger partial charge in [0.2, 0.25) is 6.29 Å². The average Bonchev–Trinajstić information content (AvgIpc) is 3.39. The average molecular weight is 386 g/mol. The van der Waals surface area contributed by atoms with E-state index in [1.165, 1.54) is 6.42 Å². The first-order chi connectivity index (χ1) is 13.5. The second-order valence-corrected chi connectivity index (χ2v) is 9.59. The third kappa shape index (κ3) is 2.51. The van der Waals surface area contributed by atoms with Crippen molar-refractivity contribution in [1.82, 2.24) is 0 Å². The maximum Gasteiger partial charge on any atom is 0.311 e. The smallest absolute Gasteiger partial charge is 0.311 e. The van der Waals surface area contributed by atoms with Gasteiger partial charge in [-0.05, 0) is 44.4 Å². The summed E-state index contributed by atoms with van der Waals surface area (Å²) in [6, 6.07) is 0. The Balaban J connectivity index is 1.26. The van der Waals surface area contributed by atoms with Crippen LogP contribution in [0.1, 0.15) is 58.8 Å². The van der Waals surface area contributed by atoms with E-state index in [-0.39, 0.29) is 58.6 Å². The molecule has 152 valence electrons. The summed E-state index contributed by atoms with van der Waals surface area (Å²) >= 11 is 0. The monoisotopic (exact) mass is 386 g/mol. The van der Waals surface area contributed by atoms with Gasteiger partial charge in [0.15, 0.2) is 0 Å². The van der Waals surface area contributed by atoms with Crippen molar-refractivity contribution in [1.29, 1.82) is 0 Å². The fourth-order valence-electron chi connectivity index (χ4n) is 7.15. The summed E-state index contributed by atoms with van der Waals surface area (Å²) in [7, 11) is 0. The van der Waals surface area contributed by atoms with E-state index in [4.69, 9.17) is 9.47 Å². The Morgan fingerprint density at radius 3 is 2.46 bits per heavy atom. The zero-order valence-corrected chi connectivity index (χ0v) is 16.8. The molecule has 8 atom stereocenters. The third-order valence-electron chi connectivity index (χ3n) is 8.38. The number of carbonyl (C=O) groups excluding carboxylic acids is 3. The molecule has 4 fully saturated rings. The van der Waals surface area contributed by atoms with Crippen LogP contribution in [0.25, 0.3) is 0 Å². The van der Waals surface area contributed by atoms with Crippen LogP contribution in [0.4, 0.5) is 0 Å². The van der Waals surface area contributed by atoms with Gasteiger partial charge >= 0.3 is 5.97 Å². The molecule has 8 unspecified atom stereocenters. The van der Waals surface area contributed by atoms with Gasteiger partial charge in [-0.3, -0.25) is 14.4 Å². The van der Waals surface area contributed by atoms with Crippen molar-refractivity contribution in [3.8, 4) is 0 Å². The summed E-state index contributed by atoms with van der Waals surface area (Å²) in [4.78, 5) is 38.2. The van der Waals surface area contributed by atoms with Crippen molar-refractivity contribution in [2.24, 2.45) is 41.4 Å². The molecule has 4 saturated carbocycles. The Kier molecular flexibility index (Phi) is 4.31. The molecule has 5 nitrogen and oxygen atoms in total. The molecule has 4 bridgehead atoms. The minimum absolute atomic E-state index is 0.0165. The number of hydrogen-bond donors (Lipinski definition) is 0. The highest BCUT2D eigenvalue weighted by Crippen LogP contribution is 2.64. The van der Waals surface area contributed by atoms with Crippen molar-refractivity contribution in [3.63, 3.8) is 0 Å². The maximum atomic E-state index is 12.9. The molecule has 5 aliphatic carbocycles. The molecule has 28 heavy (non-hydrogen) atoms. The minimum Gasteiger partial charge on any atom is -0.436 e. The van der Waals surface area contributed by atoms with Crippen LogP contribution in [0.5, 0.6) is 0 Å². The van der Waals surface area contributed by atoms with Gasteiger partial charge < -0.3 is 9.47 Å². The van der Waals surface area contributed by atoms with Crippen LogP contribution in [0.2, 0.25) is 0 Å². The van der Waals surface area contributed by atoms with Crippen molar-refractivity contribution in [2.45, 2.75) is 70.7 Å². The summed E-state index contributed by atoms with van der Waals surface area (Å²) in [6.45, 7) is 3.93. The summed E-state index contributed by atoms with van der Waals surface area (Å²) in [5.74, 6) is -0.873. The van der Waals surface area contributed by atoms with Gasteiger partial charge in [-0.2, -0.15) is 0 Å². The van der Waals surface area contributed by atoms with Gasteiger partial charge in [-0.25, -0.2) is 0 Å². The van der Waals surface area contributed by atoms with Crippen molar-refractivity contribution in [3.05, 3.63) is 12.2 Å². The lowest BCUT2D eigenvalue weighted by Crippen LogP contribution is -2.41. The molecule has 0 aromatic heterocycles. The molecular formula is C23H30O5. The SMILES string of the molecule is CCC1(OC(C)OC(=O)C2CC3C(=O)C2C2C4C=CC(C4=O)C32)CCCCC1. The van der Waals surface area contributed by atoms with Crippen LogP contribution in [-0.2, 0) is 23.9 Å². The molecule has 0 heterocycles. The summed E-state index contributed by atoms with van der Waals surface area (Å²) in [5.41, 5.74) is -0.185. The molecule has 0 aliphatic heterocycles. The number of ketones is 2. The van der Waals surface area contributed by atoms with E-state index in [0.29, 0.717) is 6.42 Å². The number of allylic oxidation sites excluding steroid dienone is 2. The molecule has 0 aromatic rings. The van der Waals surface area contributed by atoms with E-state index >= 15 is 0 Å². The van der Waals surface area contributed by atoms with Crippen molar-refractivity contribution >= 4 is 17.5 Å². The second kappa shape index (κ2) is 6.51. The van der Waals surface area contributed by atoms with Gasteiger partial charge in [0.1, 0.15) is 11.6 Å². The Labute approximate surface area is 166 Å². The molecule has 0 aromatic carbocycles. The largest absolute Gasteiger partial charge is 0.436 e. The Morgan fingerprint density at radius 1 is 1.11 bits per heavy atom. The first kappa shape index (κ1) is 18.5. The first-order valence-electron chi connectivity index (χ1n) is 11.1. The third-order valence-corrected chi connectivity index (χ3v) is 8.38. The molecule has 5 heteroatoms. The Morgan fingerprint density at radius 2 is 1.79 bits per heavy atom. The van der Waals surface area contributed by atoms with Gasteiger partial charge in [0, 0.05) is 23.7 Å². The lowest BCUT2D eigenvalue weighted by atomic mass is 9.69. The van der Waals surface area contributed by atoms with E-state index in [2.05, 4.69) is 6.92 Å². The Bertz CT molecular complexity index is 733. The minimum atomic E-state index is -0.600. The number of Topliss-reactive ketones (excluding diaryl/α,β-unsaturated/α-hetero) is 2. The van der Waals surface area contributed by atoms with Crippen LogP contribution in [0, 0.1) is 41.4 Å². The van der Waals surface area contributed by atoms with Crippen LogP contribution < -0.4 is 0 Å². The topological polar surface area (TPSA) is 69.7 Å². The first-order valence-corrected chi connectivity index (χ1v) is 11.1. The highest BCUT2D eigenvalue weighted by atomic mass is 16.7. The predicted octanol–water partition coefficient (Wildman–Crippen LogP) is 3.46. The summed E-state index contributed by atoms with van der Waals surface area (Å²) in [6.07, 6.45) is 10.4. The molecule has 0 saturated heterocycles. The van der Waals surface area contributed by atoms with E-state index in [1.54, 1.807) is 6.92 Å². The summed E-state index contributed by atoms with van der Waals surface area (Å²) in [5, 5.41) is 0. The van der Waals surface area contributed by atoms with Crippen molar-refractivity contribution in [2.75, 3.05) is 0 Å². The Hall–Kier alpha value is -1.49. The van der Waals surface area contributed by atoms with Gasteiger partial charge in [0.05, 0.1) is 11.5 Å². The normalized spacial score (nSPS) is 43.4. The van der Waals surface area contributed by atoms with Gasteiger partial charge in [-0.1, -0.05) is 38.3 Å². The standard InChI is InChI=1S/C23H30O5/c1-3-23(9-5-4-6-10-23)28-12(2)27-22(26)16-11-15-17-13-7-8-14(20(13)24)18(17)19(16)21(15)25/h7-8,12-19H,3-6,9-11H2,1-2H3. The second-order valence-electron chi connectivity index (χ2n) is 9.59. The molecule has 0 spiro atoms. The predicted molar refractivity (Wildman–Crippen MR) is 101 cm³/mol. The molecule has 0 N–H and O–H groups in total. The molecule has 0 amide bonds. The number of esters is 1. The van der Waals surface area contributed by atoms with Gasteiger partial charge in [0.25, 0.3) is 0 Å². The van der Waals surface area contributed by atoms with E-state index in [0.717, 1.165) is 32.1 Å². The zero-order valence-electron chi connectivity index (χ0n) is 16.8. The zero-order chi connectivity index (χ0) is 19.6. The van der Waals surface area contributed by atoms with E-state index < -0.39 is 12.2 Å². The van der Waals surface area contributed by atoms with Crippen LogP contribution >= 0.6 is 0 Å². The quantitative estimate of drug-likeness (QED) is 0.313. The van der Waals surface area contributed by atoms with Crippen LogP contribution in [0.15, 0.2) is 12.2 Å². The van der Waals surface area contributed by atoms with E-state index in [1.807, 2.05) is 12.2 Å². The highest BCUT2D eigenvalue weighted by Gasteiger charge is 2.69.